The second-order valence-electron chi connectivity index (χ2n) is 5.24. The van der Waals surface area contributed by atoms with Gasteiger partial charge >= 0.3 is 0 Å². The second kappa shape index (κ2) is 6.58. The molecular formula is C18H24N2. The van der Waals surface area contributed by atoms with E-state index in [2.05, 4.69) is 68.1 Å². The van der Waals surface area contributed by atoms with Crippen LogP contribution in [0.5, 0.6) is 0 Å². The van der Waals surface area contributed by atoms with Crippen molar-refractivity contribution >= 4 is 11.4 Å². The Morgan fingerprint density at radius 1 is 1.05 bits per heavy atom. The summed E-state index contributed by atoms with van der Waals surface area (Å²) in [4.78, 5) is 2.36. The fourth-order valence-corrected chi connectivity index (χ4v) is 2.63. The van der Waals surface area contributed by atoms with Gasteiger partial charge in [-0.1, -0.05) is 24.3 Å². The van der Waals surface area contributed by atoms with Gasteiger partial charge in [0.2, 0.25) is 0 Å². The van der Waals surface area contributed by atoms with Crippen molar-refractivity contribution in [1.82, 2.24) is 0 Å². The monoisotopic (exact) mass is 268 g/mol. The lowest BCUT2D eigenvalue weighted by Gasteiger charge is -2.26. The minimum Gasteiger partial charge on any atom is -0.342 e. The molecule has 2 nitrogen and oxygen atoms in total. The largest absolute Gasteiger partial charge is 0.342 e. The first-order valence-electron chi connectivity index (χ1n) is 7.29. The Morgan fingerprint density at radius 3 is 2.45 bits per heavy atom. The summed E-state index contributed by atoms with van der Waals surface area (Å²) in [6.07, 6.45) is 0.942. The summed E-state index contributed by atoms with van der Waals surface area (Å²) in [6, 6.07) is 15.3. The third-order valence-electron chi connectivity index (χ3n) is 3.61. The molecule has 2 heteroatoms. The zero-order chi connectivity index (χ0) is 14.5. The van der Waals surface area contributed by atoms with Crippen molar-refractivity contribution in [3.8, 4) is 0 Å². The topological polar surface area (TPSA) is 29.3 Å². The molecule has 0 bridgehead atoms. The first kappa shape index (κ1) is 14.6. The van der Waals surface area contributed by atoms with Gasteiger partial charge in [-0.15, -0.1) is 0 Å². The van der Waals surface area contributed by atoms with Crippen LogP contribution in [0.2, 0.25) is 0 Å². The zero-order valence-electron chi connectivity index (χ0n) is 12.7. The van der Waals surface area contributed by atoms with Gasteiger partial charge in [-0.25, -0.2) is 0 Å². The molecule has 2 N–H and O–H groups in total. The number of hydrogen-bond acceptors (Lipinski definition) is 2. The Kier molecular flexibility index (Phi) is 4.80. The van der Waals surface area contributed by atoms with Crippen molar-refractivity contribution in [3.05, 3.63) is 59.2 Å². The van der Waals surface area contributed by atoms with E-state index < -0.39 is 0 Å². The summed E-state index contributed by atoms with van der Waals surface area (Å²) < 4.78 is 0. The van der Waals surface area contributed by atoms with Crippen molar-refractivity contribution in [2.24, 2.45) is 5.73 Å². The lowest BCUT2D eigenvalue weighted by atomic mass is 10.1. The number of benzene rings is 2. The third-order valence-corrected chi connectivity index (χ3v) is 3.61. The number of aryl methyl sites for hydroxylation is 2. The quantitative estimate of drug-likeness (QED) is 0.889. The molecule has 0 amide bonds. The molecule has 0 unspecified atom stereocenters. The van der Waals surface area contributed by atoms with E-state index in [4.69, 9.17) is 5.73 Å². The molecule has 2 aromatic carbocycles. The van der Waals surface area contributed by atoms with Gasteiger partial charge in [0, 0.05) is 17.9 Å². The van der Waals surface area contributed by atoms with Crippen LogP contribution < -0.4 is 10.6 Å². The average molecular weight is 268 g/mol. The van der Waals surface area contributed by atoms with Crippen LogP contribution in [0.1, 0.15) is 23.6 Å². The molecule has 0 saturated heterocycles. The van der Waals surface area contributed by atoms with Crippen molar-refractivity contribution in [2.45, 2.75) is 27.2 Å². The highest BCUT2D eigenvalue weighted by Gasteiger charge is 2.10. The number of anilines is 2. The second-order valence-corrected chi connectivity index (χ2v) is 5.24. The summed E-state index contributed by atoms with van der Waals surface area (Å²) in [7, 11) is 0. The van der Waals surface area contributed by atoms with Gasteiger partial charge in [0.25, 0.3) is 0 Å². The van der Waals surface area contributed by atoms with Gasteiger partial charge in [0.05, 0.1) is 0 Å². The van der Waals surface area contributed by atoms with Gasteiger partial charge in [-0.3, -0.25) is 0 Å². The highest BCUT2D eigenvalue weighted by molar-refractivity contribution is 5.67. The first-order valence-corrected chi connectivity index (χ1v) is 7.29. The van der Waals surface area contributed by atoms with E-state index in [-0.39, 0.29) is 0 Å². The van der Waals surface area contributed by atoms with Gasteiger partial charge < -0.3 is 10.6 Å². The molecule has 0 aliphatic heterocycles. The number of nitrogens with two attached hydrogens (primary N) is 1. The highest BCUT2D eigenvalue weighted by Crippen LogP contribution is 2.29. The van der Waals surface area contributed by atoms with E-state index in [0.29, 0.717) is 6.54 Å². The molecule has 20 heavy (non-hydrogen) atoms. The highest BCUT2D eigenvalue weighted by atomic mass is 15.1. The fraction of sp³-hybridized carbons (Fsp3) is 0.333. The molecule has 106 valence electrons. The smallest absolute Gasteiger partial charge is 0.0440 e. The Morgan fingerprint density at radius 2 is 1.85 bits per heavy atom. The summed E-state index contributed by atoms with van der Waals surface area (Å²) in [5.41, 5.74) is 12.1. The summed E-state index contributed by atoms with van der Waals surface area (Å²) >= 11 is 0. The molecular weight excluding hydrogens is 244 g/mol. The van der Waals surface area contributed by atoms with Gasteiger partial charge in [0.1, 0.15) is 0 Å². The Balaban J connectivity index is 2.37. The zero-order valence-corrected chi connectivity index (χ0v) is 12.7. The summed E-state index contributed by atoms with van der Waals surface area (Å²) in [6.45, 7) is 8.16. The van der Waals surface area contributed by atoms with E-state index >= 15 is 0 Å². The van der Waals surface area contributed by atoms with Crippen LogP contribution in [-0.4, -0.2) is 13.1 Å². The van der Waals surface area contributed by atoms with Crippen LogP contribution in [0.25, 0.3) is 0 Å². The van der Waals surface area contributed by atoms with E-state index in [1.165, 1.54) is 28.1 Å². The molecule has 0 aromatic heterocycles. The van der Waals surface area contributed by atoms with E-state index in [0.717, 1.165) is 13.0 Å². The number of rotatable bonds is 5. The van der Waals surface area contributed by atoms with Crippen LogP contribution in [0.15, 0.2) is 42.5 Å². The minimum atomic E-state index is 0.703. The SMILES string of the molecule is CCN(c1cccc(C)c1)c1ccc(CCN)cc1C. The van der Waals surface area contributed by atoms with Crippen LogP contribution in [-0.2, 0) is 6.42 Å². The average Bonchev–Trinajstić information content (AvgIpc) is 2.42. The van der Waals surface area contributed by atoms with E-state index in [1.807, 2.05) is 0 Å². The lowest BCUT2D eigenvalue weighted by Crippen LogP contribution is -2.17. The first-order chi connectivity index (χ1) is 9.65. The number of nitrogens with zero attached hydrogens (tertiary/aromatic N) is 1. The van der Waals surface area contributed by atoms with Crippen LogP contribution in [0.4, 0.5) is 11.4 Å². The molecule has 2 rings (SSSR count). The predicted octanol–water partition coefficient (Wildman–Crippen LogP) is 3.96. The molecule has 0 radical (unpaired) electrons. The Hall–Kier alpha value is -1.80. The predicted molar refractivity (Wildman–Crippen MR) is 87.8 cm³/mol. The molecule has 0 aliphatic rings. The fourth-order valence-electron chi connectivity index (χ4n) is 2.63. The van der Waals surface area contributed by atoms with Crippen LogP contribution in [0, 0.1) is 13.8 Å². The maximum Gasteiger partial charge on any atom is 0.0440 e. The van der Waals surface area contributed by atoms with Crippen molar-refractivity contribution in [3.63, 3.8) is 0 Å². The molecule has 2 aromatic rings. The lowest BCUT2D eigenvalue weighted by molar-refractivity contribution is 0.961. The minimum absolute atomic E-state index is 0.703. The van der Waals surface area contributed by atoms with Crippen molar-refractivity contribution in [1.29, 1.82) is 0 Å². The van der Waals surface area contributed by atoms with Crippen molar-refractivity contribution in [2.75, 3.05) is 18.0 Å². The van der Waals surface area contributed by atoms with Crippen LogP contribution in [0.3, 0.4) is 0 Å². The molecule has 0 heterocycles. The molecule has 0 fully saturated rings. The number of hydrogen-bond donors (Lipinski definition) is 1. The normalized spacial score (nSPS) is 10.6. The van der Waals surface area contributed by atoms with Gasteiger partial charge in [0.15, 0.2) is 0 Å². The maximum absolute atomic E-state index is 5.63. The maximum atomic E-state index is 5.63. The van der Waals surface area contributed by atoms with E-state index in [9.17, 15) is 0 Å². The Labute approximate surface area is 122 Å². The third kappa shape index (κ3) is 3.20. The van der Waals surface area contributed by atoms with Crippen LogP contribution >= 0.6 is 0 Å². The summed E-state index contributed by atoms with van der Waals surface area (Å²) in [5, 5.41) is 0. The van der Waals surface area contributed by atoms with E-state index in [1.54, 1.807) is 0 Å². The van der Waals surface area contributed by atoms with Gasteiger partial charge in [-0.05, 0) is 68.6 Å². The molecule has 0 saturated carbocycles. The summed E-state index contributed by atoms with van der Waals surface area (Å²) in [5.74, 6) is 0. The van der Waals surface area contributed by atoms with Gasteiger partial charge in [-0.2, -0.15) is 0 Å². The molecule has 0 aliphatic carbocycles. The standard InChI is InChI=1S/C18H24N2/c1-4-20(17-7-5-6-14(2)12-17)18-9-8-16(10-11-19)13-15(18)3/h5-9,12-13H,4,10-11,19H2,1-3H3. The Bertz CT molecular complexity index is 575. The van der Waals surface area contributed by atoms with Crippen molar-refractivity contribution < 1.29 is 0 Å². The molecule has 0 spiro atoms. The molecule has 0 atom stereocenters.